The number of amides is 2. The van der Waals surface area contributed by atoms with Crippen LogP contribution in [0.2, 0.25) is 0 Å². The van der Waals surface area contributed by atoms with Crippen molar-refractivity contribution in [2.24, 2.45) is 0 Å². The van der Waals surface area contributed by atoms with Gasteiger partial charge in [0.15, 0.2) is 3.77 Å². The molecule has 0 saturated carbocycles. The molecule has 2 amide bonds. The van der Waals surface area contributed by atoms with Crippen molar-refractivity contribution in [1.82, 2.24) is 10.6 Å². The molecule has 0 aliphatic carbocycles. The van der Waals surface area contributed by atoms with Crippen molar-refractivity contribution in [1.29, 1.82) is 0 Å². The number of benzene rings is 1. The van der Waals surface area contributed by atoms with Crippen LogP contribution >= 0.6 is 22.6 Å². The molecule has 2 aromatic rings. The number of carbonyl (C=O) groups is 2. The lowest BCUT2D eigenvalue weighted by Crippen LogP contribution is -2.23. The van der Waals surface area contributed by atoms with E-state index < -0.39 is 0 Å². The summed E-state index contributed by atoms with van der Waals surface area (Å²) in [5, 5.41) is 5.52. The molecule has 0 fully saturated rings. The Labute approximate surface area is 148 Å². The molecule has 0 radical (unpaired) electrons. The fourth-order valence-corrected chi connectivity index (χ4v) is 2.34. The topological polar surface area (TPSA) is 71.3 Å². The van der Waals surface area contributed by atoms with Crippen LogP contribution in [0.15, 0.2) is 46.9 Å². The van der Waals surface area contributed by atoms with Gasteiger partial charge in [-0.05, 0) is 65.4 Å². The molecule has 6 heteroatoms. The molecular formula is C17H17IN2O3. The van der Waals surface area contributed by atoms with Crippen LogP contribution in [0.1, 0.15) is 28.6 Å². The Morgan fingerprint density at radius 1 is 1.22 bits per heavy atom. The van der Waals surface area contributed by atoms with E-state index in [9.17, 15) is 9.59 Å². The van der Waals surface area contributed by atoms with Crippen molar-refractivity contribution < 1.29 is 14.0 Å². The summed E-state index contributed by atoms with van der Waals surface area (Å²) in [6, 6.07) is 10.8. The van der Waals surface area contributed by atoms with E-state index in [1.165, 1.54) is 6.08 Å². The van der Waals surface area contributed by atoms with Crippen LogP contribution in [0.3, 0.4) is 0 Å². The monoisotopic (exact) mass is 424 g/mol. The van der Waals surface area contributed by atoms with Crippen molar-refractivity contribution in [3.8, 4) is 0 Å². The number of halogens is 1. The zero-order valence-corrected chi connectivity index (χ0v) is 14.8. The second-order valence-electron chi connectivity index (χ2n) is 4.75. The summed E-state index contributed by atoms with van der Waals surface area (Å²) in [7, 11) is 0. The minimum atomic E-state index is -0.222. The van der Waals surface area contributed by atoms with Crippen LogP contribution in [0.5, 0.6) is 0 Å². The highest BCUT2D eigenvalue weighted by Gasteiger charge is 2.05. The van der Waals surface area contributed by atoms with E-state index >= 15 is 0 Å². The van der Waals surface area contributed by atoms with Gasteiger partial charge in [0, 0.05) is 24.7 Å². The highest BCUT2D eigenvalue weighted by Crippen LogP contribution is 2.11. The maximum Gasteiger partial charge on any atom is 0.251 e. The van der Waals surface area contributed by atoms with E-state index in [-0.39, 0.29) is 11.8 Å². The molecule has 0 saturated heterocycles. The molecule has 23 heavy (non-hydrogen) atoms. The Morgan fingerprint density at radius 3 is 2.74 bits per heavy atom. The maximum atomic E-state index is 11.8. The van der Waals surface area contributed by atoms with Gasteiger partial charge in [-0.15, -0.1) is 0 Å². The largest absolute Gasteiger partial charge is 0.451 e. The molecule has 2 rings (SSSR count). The van der Waals surface area contributed by atoms with Crippen LogP contribution in [-0.2, 0) is 11.3 Å². The number of hydrogen-bond donors (Lipinski definition) is 2. The standard InChI is InChI=1S/C17H17IN2O3/c1-2-19-17(22)13-5-3-4-12(10-13)11-20-16(21)9-7-14-6-8-15(18)23-14/h3-10H,2,11H2,1H3,(H,19,22)(H,20,21). The third-order valence-corrected chi connectivity index (χ3v) is 3.57. The Hall–Kier alpha value is -2.09. The summed E-state index contributed by atoms with van der Waals surface area (Å²) >= 11 is 2.06. The summed E-state index contributed by atoms with van der Waals surface area (Å²) in [6.45, 7) is 2.80. The summed E-state index contributed by atoms with van der Waals surface area (Å²) in [5.41, 5.74) is 1.45. The average Bonchev–Trinajstić information content (AvgIpc) is 2.97. The first-order chi connectivity index (χ1) is 11.1. The van der Waals surface area contributed by atoms with Crippen molar-refractivity contribution in [2.75, 3.05) is 6.54 Å². The first-order valence-corrected chi connectivity index (χ1v) is 8.24. The minimum absolute atomic E-state index is 0.118. The van der Waals surface area contributed by atoms with Gasteiger partial charge < -0.3 is 15.1 Å². The molecule has 0 unspecified atom stereocenters. The number of furan rings is 1. The zero-order valence-electron chi connectivity index (χ0n) is 12.6. The lowest BCUT2D eigenvalue weighted by Gasteiger charge is -2.06. The zero-order chi connectivity index (χ0) is 16.7. The minimum Gasteiger partial charge on any atom is -0.451 e. The Kier molecular flexibility index (Phi) is 6.40. The van der Waals surface area contributed by atoms with E-state index in [4.69, 9.17) is 4.42 Å². The third-order valence-electron chi connectivity index (χ3n) is 2.99. The molecule has 1 aromatic heterocycles. The number of carbonyl (C=O) groups excluding carboxylic acids is 2. The van der Waals surface area contributed by atoms with Gasteiger partial charge in [0.1, 0.15) is 5.76 Å². The summed E-state index contributed by atoms with van der Waals surface area (Å²) in [6.07, 6.45) is 3.03. The second-order valence-corrected chi connectivity index (χ2v) is 5.82. The number of nitrogens with one attached hydrogen (secondary N) is 2. The van der Waals surface area contributed by atoms with Crippen LogP contribution in [0.4, 0.5) is 0 Å². The van der Waals surface area contributed by atoms with E-state index in [1.54, 1.807) is 30.3 Å². The van der Waals surface area contributed by atoms with E-state index in [0.29, 0.717) is 24.4 Å². The van der Waals surface area contributed by atoms with Gasteiger partial charge in [0.2, 0.25) is 5.91 Å². The molecule has 5 nitrogen and oxygen atoms in total. The van der Waals surface area contributed by atoms with Gasteiger partial charge in [-0.2, -0.15) is 0 Å². The van der Waals surface area contributed by atoms with E-state index in [2.05, 4.69) is 33.2 Å². The fourth-order valence-electron chi connectivity index (χ4n) is 1.91. The SMILES string of the molecule is CCNC(=O)c1cccc(CNC(=O)C=Cc2ccc(I)o2)c1. The Balaban J connectivity index is 1.90. The van der Waals surface area contributed by atoms with Gasteiger partial charge >= 0.3 is 0 Å². The van der Waals surface area contributed by atoms with Gasteiger partial charge in [-0.3, -0.25) is 9.59 Å². The van der Waals surface area contributed by atoms with Gasteiger partial charge in [0.25, 0.3) is 5.91 Å². The van der Waals surface area contributed by atoms with Crippen molar-refractivity contribution in [3.63, 3.8) is 0 Å². The molecular weight excluding hydrogens is 407 g/mol. The molecule has 1 heterocycles. The van der Waals surface area contributed by atoms with Crippen LogP contribution in [-0.4, -0.2) is 18.4 Å². The maximum absolute atomic E-state index is 11.8. The van der Waals surface area contributed by atoms with Gasteiger partial charge in [-0.25, -0.2) is 0 Å². The summed E-state index contributed by atoms with van der Waals surface area (Å²) in [4.78, 5) is 23.6. The van der Waals surface area contributed by atoms with Gasteiger partial charge in [-0.1, -0.05) is 12.1 Å². The molecule has 1 aromatic carbocycles. The lowest BCUT2D eigenvalue weighted by atomic mass is 10.1. The predicted octanol–water partition coefficient (Wildman–Crippen LogP) is 2.96. The summed E-state index contributed by atoms with van der Waals surface area (Å²) in [5.74, 6) is 0.288. The van der Waals surface area contributed by atoms with Crippen LogP contribution in [0, 0.1) is 3.77 Å². The van der Waals surface area contributed by atoms with Crippen LogP contribution in [0.25, 0.3) is 6.08 Å². The van der Waals surface area contributed by atoms with Crippen molar-refractivity contribution in [3.05, 3.63) is 63.1 Å². The third kappa shape index (κ3) is 5.55. The molecule has 0 aliphatic rings. The number of rotatable bonds is 6. The van der Waals surface area contributed by atoms with Crippen LogP contribution < -0.4 is 10.6 Å². The smallest absolute Gasteiger partial charge is 0.251 e. The highest BCUT2D eigenvalue weighted by molar-refractivity contribution is 14.1. The Morgan fingerprint density at radius 2 is 2.04 bits per heavy atom. The Bertz CT molecular complexity index is 722. The molecule has 120 valence electrons. The number of hydrogen-bond acceptors (Lipinski definition) is 3. The normalized spacial score (nSPS) is 10.7. The quantitative estimate of drug-likeness (QED) is 0.554. The molecule has 2 N–H and O–H groups in total. The predicted molar refractivity (Wildman–Crippen MR) is 96.8 cm³/mol. The molecule has 0 bridgehead atoms. The van der Waals surface area contributed by atoms with Gasteiger partial charge in [0.05, 0.1) is 0 Å². The lowest BCUT2D eigenvalue weighted by molar-refractivity contribution is -0.116. The molecule has 0 aliphatic heterocycles. The van der Waals surface area contributed by atoms with E-state index in [0.717, 1.165) is 9.33 Å². The van der Waals surface area contributed by atoms with Crippen molar-refractivity contribution in [2.45, 2.75) is 13.5 Å². The average molecular weight is 424 g/mol. The molecule has 0 spiro atoms. The van der Waals surface area contributed by atoms with E-state index in [1.807, 2.05) is 19.1 Å². The van der Waals surface area contributed by atoms with Crippen molar-refractivity contribution >= 4 is 40.5 Å². The fraction of sp³-hybridized carbons (Fsp3) is 0.176. The summed E-state index contributed by atoms with van der Waals surface area (Å²) < 4.78 is 6.11. The second kappa shape index (κ2) is 8.52. The first kappa shape index (κ1) is 17.3. The molecule has 0 atom stereocenters. The first-order valence-electron chi connectivity index (χ1n) is 7.17. The highest BCUT2D eigenvalue weighted by atomic mass is 127.